The van der Waals surface area contributed by atoms with Gasteiger partial charge in [-0.15, -0.1) is 0 Å². The van der Waals surface area contributed by atoms with E-state index in [0.717, 1.165) is 22.4 Å². The number of hydrogen-bond donors (Lipinski definition) is 3. The number of hydrogen-bond acceptors (Lipinski definition) is 6. The van der Waals surface area contributed by atoms with E-state index in [-0.39, 0.29) is 16.7 Å². The van der Waals surface area contributed by atoms with Gasteiger partial charge in [0, 0.05) is 30.4 Å². The molecule has 0 aliphatic carbocycles. The average Bonchev–Trinajstić information content (AvgIpc) is 3.17. The van der Waals surface area contributed by atoms with Crippen molar-refractivity contribution in [2.24, 2.45) is 13.0 Å². The molecule has 0 saturated heterocycles. The molecule has 2 aromatic heterocycles. The Labute approximate surface area is 216 Å². The Bertz CT molecular complexity index is 1590. The van der Waals surface area contributed by atoms with Crippen molar-refractivity contribution >= 4 is 38.5 Å². The van der Waals surface area contributed by atoms with Crippen molar-refractivity contribution in [1.82, 2.24) is 19.3 Å². The number of amides is 1. The standard InChI is InChI=1S/C27H30N6O3S/c1-16(2)14-31-37(35,36)21-12-8-18(9-13-21)22-23-25(28)29-15-30-26(23)33(5)24(22)19-6-10-20(11-7-19)32-27(34)17(3)4/h6-13,15-16,31H,3,14H2,1-2,4-5H3,(H,32,34)(H2,28,29,30). The lowest BCUT2D eigenvalue weighted by molar-refractivity contribution is -0.112. The molecule has 4 rings (SSSR count). The van der Waals surface area contributed by atoms with Crippen LogP contribution in [0.15, 0.2) is 71.9 Å². The second kappa shape index (κ2) is 10.2. The van der Waals surface area contributed by atoms with E-state index in [1.165, 1.54) is 6.33 Å². The van der Waals surface area contributed by atoms with E-state index in [1.807, 2.05) is 49.7 Å². The lowest BCUT2D eigenvalue weighted by Gasteiger charge is -2.12. The minimum absolute atomic E-state index is 0.181. The SMILES string of the molecule is C=C(C)C(=O)Nc1ccc(-c2c(-c3ccc(S(=O)(=O)NCC(C)C)cc3)c3c(N)ncnc3n2C)cc1. The first-order chi connectivity index (χ1) is 17.5. The van der Waals surface area contributed by atoms with Gasteiger partial charge in [-0.25, -0.2) is 23.1 Å². The van der Waals surface area contributed by atoms with E-state index >= 15 is 0 Å². The normalized spacial score (nSPS) is 11.7. The third kappa shape index (κ3) is 5.25. The number of sulfonamides is 1. The van der Waals surface area contributed by atoms with Gasteiger partial charge in [-0.1, -0.05) is 44.7 Å². The quantitative estimate of drug-likeness (QED) is 0.297. The molecule has 0 aliphatic rings. The van der Waals surface area contributed by atoms with E-state index in [1.54, 1.807) is 31.2 Å². The lowest BCUT2D eigenvalue weighted by Crippen LogP contribution is -2.27. The Morgan fingerprint density at radius 2 is 1.68 bits per heavy atom. The third-order valence-electron chi connectivity index (χ3n) is 5.94. The van der Waals surface area contributed by atoms with Crippen LogP contribution in [0.1, 0.15) is 20.8 Å². The molecule has 37 heavy (non-hydrogen) atoms. The summed E-state index contributed by atoms with van der Waals surface area (Å²) in [5, 5.41) is 3.48. The summed E-state index contributed by atoms with van der Waals surface area (Å²) in [7, 11) is -1.74. The van der Waals surface area contributed by atoms with Crippen LogP contribution in [-0.2, 0) is 21.9 Å². The van der Waals surface area contributed by atoms with Crippen molar-refractivity contribution in [1.29, 1.82) is 0 Å². The van der Waals surface area contributed by atoms with Gasteiger partial charge in [-0.3, -0.25) is 4.79 Å². The first-order valence-electron chi connectivity index (χ1n) is 11.8. The van der Waals surface area contributed by atoms with Crippen molar-refractivity contribution < 1.29 is 13.2 Å². The molecular formula is C27H30N6O3S. The summed E-state index contributed by atoms with van der Waals surface area (Å²) >= 11 is 0. The van der Waals surface area contributed by atoms with Crippen molar-refractivity contribution in [3.63, 3.8) is 0 Å². The first-order valence-corrected chi connectivity index (χ1v) is 13.2. The molecule has 0 bridgehead atoms. The van der Waals surface area contributed by atoms with Gasteiger partial charge < -0.3 is 15.6 Å². The second-order valence-electron chi connectivity index (χ2n) is 9.32. The average molecular weight is 519 g/mol. The topological polar surface area (TPSA) is 132 Å². The van der Waals surface area contributed by atoms with E-state index in [4.69, 9.17) is 5.73 Å². The molecule has 0 fully saturated rings. The molecule has 10 heteroatoms. The maximum atomic E-state index is 12.7. The number of nitrogens with one attached hydrogen (secondary N) is 2. The van der Waals surface area contributed by atoms with Crippen LogP contribution in [0, 0.1) is 5.92 Å². The van der Waals surface area contributed by atoms with Crippen LogP contribution in [0.2, 0.25) is 0 Å². The molecule has 192 valence electrons. The molecule has 2 heterocycles. The summed E-state index contributed by atoms with van der Waals surface area (Å²) in [6.07, 6.45) is 1.41. The van der Waals surface area contributed by atoms with Gasteiger partial charge in [0.1, 0.15) is 17.8 Å². The van der Waals surface area contributed by atoms with Crippen LogP contribution in [0.25, 0.3) is 33.4 Å². The highest BCUT2D eigenvalue weighted by Crippen LogP contribution is 2.41. The molecule has 4 aromatic rings. The van der Waals surface area contributed by atoms with E-state index in [9.17, 15) is 13.2 Å². The predicted molar refractivity (Wildman–Crippen MR) is 147 cm³/mol. The maximum Gasteiger partial charge on any atom is 0.250 e. The maximum absolute atomic E-state index is 12.7. The lowest BCUT2D eigenvalue weighted by atomic mass is 9.98. The highest BCUT2D eigenvalue weighted by atomic mass is 32.2. The molecule has 0 unspecified atom stereocenters. The number of nitrogen functional groups attached to an aromatic ring is 1. The largest absolute Gasteiger partial charge is 0.383 e. The summed E-state index contributed by atoms with van der Waals surface area (Å²) in [5.41, 5.74) is 11.2. The van der Waals surface area contributed by atoms with Gasteiger partial charge in [0.25, 0.3) is 5.91 Å². The number of anilines is 2. The Balaban J connectivity index is 1.82. The minimum atomic E-state index is -3.63. The fourth-order valence-corrected chi connectivity index (χ4v) is 5.22. The summed E-state index contributed by atoms with van der Waals surface area (Å²) in [4.78, 5) is 20.8. The van der Waals surface area contributed by atoms with Crippen LogP contribution in [0.3, 0.4) is 0 Å². The van der Waals surface area contributed by atoms with Gasteiger partial charge in [0.05, 0.1) is 16.0 Å². The van der Waals surface area contributed by atoms with Crippen LogP contribution in [0.4, 0.5) is 11.5 Å². The van der Waals surface area contributed by atoms with Gasteiger partial charge in [0.2, 0.25) is 10.0 Å². The summed E-state index contributed by atoms with van der Waals surface area (Å²) in [5.74, 6) is 0.261. The third-order valence-corrected chi connectivity index (χ3v) is 7.37. The fourth-order valence-electron chi connectivity index (χ4n) is 4.00. The van der Waals surface area contributed by atoms with Gasteiger partial charge in [-0.05, 0) is 48.2 Å². The van der Waals surface area contributed by atoms with Gasteiger partial charge in [-0.2, -0.15) is 0 Å². The highest BCUT2D eigenvalue weighted by Gasteiger charge is 2.23. The molecular weight excluding hydrogens is 488 g/mol. The molecule has 4 N–H and O–H groups in total. The van der Waals surface area contributed by atoms with E-state index in [2.05, 4.69) is 26.6 Å². The predicted octanol–water partition coefficient (Wildman–Crippen LogP) is 4.33. The van der Waals surface area contributed by atoms with E-state index in [0.29, 0.717) is 34.7 Å². The number of rotatable bonds is 8. The van der Waals surface area contributed by atoms with Crippen LogP contribution in [0.5, 0.6) is 0 Å². The summed E-state index contributed by atoms with van der Waals surface area (Å²) in [6.45, 7) is 9.56. The smallest absolute Gasteiger partial charge is 0.250 e. The number of nitrogens with two attached hydrogens (primary N) is 1. The molecule has 9 nitrogen and oxygen atoms in total. The summed E-state index contributed by atoms with van der Waals surface area (Å²) < 4.78 is 30.0. The fraction of sp³-hybridized carbons (Fsp3) is 0.222. The van der Waals surface area contributed by atoms with Gasteiger partial charge >= 0.3 is 0 Å². The van der Waals surface area contributed by atoms with Crippen LogP contribution >= 0.6 is 0 Å². The molecule has 0 spiro atoms. The monoisotopic (exact) mass is 518 g/mol. The van der Waals surface area contributed by atoms with E-state index < -0.39 is 10.0 Å². The zero-order valence-corrected chi connectivity index (χ0v) is 22.1. The Kier molecular flexibility index (Phi) is 7.15. The summed E-state index contributed by atoms with van der Waals surface area (Å²) in [6, 6.07) is 14.1. The Hall–Kier alpha value is -4.02. The highest BCUT2D eigenvalue weighted by molar-refractivity contribution is 7.89. The molecule has 1 amide bonds. The van der Waals surface area contributed by atoms with Crippen molar-refractivity contribution in [3.8, 4) is 22.4 Å². The molecule has 0 radical (unpaired) electrons. The zero-order chi connectivity index (χ0) is 26.9. The molecule has 0 aliphatic heterocycles. The number of aryl methyl sites for hydroxylation is 1. The van der Waals surface area contributed by atoms with Gasteiger partial charge in [0.15, 0.2) is 0 Å². The number of fused-ring (bicyclic) bond motifs is 1. The number of benzene rings is 2. The Morgan fingerprint density at radius 3 is 2.27 bits per heavy atom. The van der Waals surface area contributed by atoms with Crippen molar-refractivity contribution in [3.05, 3.63) is 67.0 Å². The number of carbonyl (C=O) groups excluding carboxylic acids is 1. The van der Waals surface area contributed by atoms with Crippen LogP contribution in [-0.4, -0.2) is 35.4 Å². The molecule has 0 saturated carbocycles. The van der Waals surface area contributed by atoms with Crippen LogP contribution < -0.4 is 15.8 Å². The number of carbonyl (C=O) groups is 1. The van der Waals surface area contributed by atoms with Crippen molar-refractivity contribution in [2.75, 3.05) is 17.6 Å². The number of aromatic nitrogens is 3. The number of nitrogens with zero attached hydrogens (tertiary/aromatic N) is 3. The first kappa shape index (κ1) is 26.1. The Morgan fingerprint density at radius 1 is 1.05 bits per heavy atom. The molecule has 0 atom stereocenters. The van der Waals surface area contributed by atoms with Crippen molar-refractivity contribution in [2.45, 2.75) is 25.7 Å². The second-order valence-corrected chi connectivity index (χ2v) is 11.1. The zero-order valence-electron chi connectivity index (χ0n) is 21.2. The minimum Gasteiger partial charge on any atom is -0.383 e. The molecule has 2 aromatic carbocycles.